The van der Waals surface area contributed by atoms with Crippen molar-refractivity contribution >= 4 is 40.2 Å². The van der Waals surface area contributed by atoms with Crippen molar-refractivity contribution in [3.8, 4) is 11.5 Å². The molecule has 39 heavy (non-hydrogen) atoms. The van der Waals surface area contributed by atoms with Crippen molar-refractivity contribution in [3.05, 3.63) is 57.6 Å². The number of carbonyl (C=O) groups excluding carboxylic acids is 1. The van der Waals surface area contributed by atoms with Gasteiger partial charge in [0.2, 0.25) is 0 Å². The Balaban J connectivity index is 0.000000218. The summed E-state index contributed by atoms with van der Waals surface area (Å²) in [5.74, 6) is 1.51. The molecule has 1 amide bonds. The first kappa shape index (κ1) is 31.8. The maximum Gasteiger partial charge on any atom is 0.316 e. The predicted octanol–water partition coefficient (Wildman–Crippen LogP) is 6.14. The van der Waals surface area contributed by atoms with Gasteiger partial charge in [0.05, 0.1) is 22.3 Å². The van der Waals surface area contributed by atoms with Crippen molar-refractivity contribution in [1.29, 1.82) is 0 Å². The Morgan fingerprint density at radius 3 is 1.62 bits per heavy atom. The molecule has 0 aromatic heterocycles. The maximum absolute atomic E-state index is 11.1. The number of nitrogens with one attached hydrogen (secondary N) is 1. The van der Waals surface area contributed by atoms with Gasteiger partial charge in [0.25, 0.3) is 0 Å². The number of carbonyl (C=O) groups is 1. The molecule has 0 saturated carbocycles. The number of hydrogen-bond donors (Lipinski definition) is 1. The molecular formula is C29H41Cl3N4O3. The van der Waals surface area contributed by atoms with Gasteiger partial charge in [-0.05, 0) is 74.7 Å². The number of rotatable bonds is 8. The van der Waals surface area contributed by atoms with E-state index in [-0.39, 0.29) is 17.6 Å². The van der Waals surface area contributed by atoms with E-state index in [2.05, 4.69) is 27.2 Å². The molecule has 0 bridgehead atoms. The van der Waals surface area contributed by atoms with E-state index in [9.17, 15) is 4.79 Å². The molecule has 0 spiro atoms. The van der Waals surface area contributed by atoms with Gasteiger partial charge in [-0.1, -0.05) is 35.3 Å². The van der Waals surface area contributed by atoms with Crippen molar-refractivity contribution in [1.82, 2.24) is 20.0 Å². The Labute approximate surface area is 248 Å². The lowest BCUT2D eigenvalue weighted by Gasteiger charge is -2.33. The number of piperazine rings is 2. The van der Waals surface area contributed by atoms with E-state index in [0.717, 1.165) is 69.4 Å². The van der Waals surface area contributed by atoms with E-state index < -0.39 is 0 Å². The summed E-state index contributed by atoms with van der Waals surface area (Å²) in [6, 6.07) is 11.9. The van der Waals surface area contributed by atoms with E-state index in [4.69, 9.17) is 44.3 Å². The Hall–Kier alpha value is -1.74. The zero-order chi connectivity index (χ0) is 28.4. The van der Waals surface area contributed by atoms with Crippen LogP contribution in [-0.2, 0) is 13.1 Å². The minimum Gasteiger partial charge on any atom is -0.489 e. The molecule has 2 heterocycles. The molecule has 2 aromatic rings. The van der Waals surface area contributed by atoms with Gasteiger partial charge in [0, 0.05) is 65.4 Å². The summed E-state index contributed by atoms with van der Waals surface area (Å²) in [6.45, 7) is 17.1. The Morgan fingerprint density at radius 2 is 1.21 bits per heavy atom. The summed E-state index contributed by atoms with van der Waals surface area (Å²) in [5.41, 5.74) is 2.41. The lowest BCUT2D eigenvalue weighted by molar-refractivity contribution is 0.148. The molecule has 0 radical (unpaired) electrons. The highest BCUT2D eigenvalue weighted by Crippen LogP contribution is 2.28. The summed E-state index contributed by atoms with van der Waals surface area (Å²) in [6.07, 6.45) is 0.243. The van der Waals surface area contributed by atoms with Crippen LogP contribution in [0.2, 0.25) is 10.0 Å². The molecule has 4 rings (SSSR count). The molecule has 0 unspecified atom stereocenters. The molecule has 0 atom stereocenters. The lowest BCUT2D eigenvalue weighted by Crippen LogP contribution is -2.46. The molecule has 7 nitrogen and oxygen atoms in total. The van der Waals surface area contributed by atoms with Crippen LogP contribution in [0.3, 0.4) is 0 Å². The van der Waals surface area contributed by atoms with Gasteiger partial charge in [0.1, 0.15) is 11.5 Å². The average molecular weight is 600 g/mol. The predicted molar refractivity (Wildman–Crippen MR) is 161 cm³/mol. The van der Waals surface area contributed by atoms with Crippen LogP contribution in [0.15, 0.2) is 36.4 Å². The number of benzene rings is 2. The Kier molecular flexibility index (Phi) is 13.0. The first-order chi connectivity index (χ1) is 18.6. The van der Waals surface area contributed by atoms with Crippen molar-refractivity contribution in [2.24, 2.45) is 0 Å². The first-order valence-electron chi connectivity index (χ1n) is 13.6. The Morgan fingerprint density at radius 1 is 0.769 bits per heavy atom. The van der Waals surface area contributed by atoms with Crippen molar-refractivity contribution in [2.75, 3.05) is 52.4 Å². The first-order valence-corrected chi connectivity index (χ1v) is 14.7. The van der Waals surface area contributed by atoms with E-state index in [1.165, 1.54) is 5.56 Å². The lowest BCUT2D eigenvalue weighted by atomic mass is 10.2. The molecule has 216 valence electrons. The summed E-state index contributed by atoms with van der Waals surface area (Å²) in [4.78, 5) is 17.5. The van der Waals surface area contributed by atoms with Crippen LogP contribution in [0.5, 0.6) is 11.5 Å². The monoisotopic (exact) mass is 598 g/mol. The van der Waals surface area contributed by atoms with Crippen LogP contribution < -0.4 is 14.8 Å². The Bertz CT molecular complexity index is 1060. The second kappa shape index (κ2) is 15.9. The van der Waals surface area contributed by atoms with Crippen LogP contribution >= 0.6 is 34.8 Å². The normalized spacial score (nSPS) is 16.7. The standard InChI is InChI=1S/C15H20Cl2N2O2.C14H21ClN2O/c1-11(2)21-14-9-12(3-4-13(14)16)10-18-5-7-19(8-6-18)15(17)20;1-11(2)18-14-9-12(3-4-13(14)15)10-17-7-5-16-6-8-17/h3-4,9,11H,5-8,10H2,1-2H3;3-4,9,11,16H,5-8,10H2,1-2H3. The number of nitrogens with zero attached hydrogens (tertiary/aromatic N) is 3. The quantitative estimate of drug-likeness (QED) is 0.291. The molecule has 2 saturated heterocycles. The van der Waals surface area contributed by atoms with E-state index in [0.29, 0.717) is 23.1 Å². The summed E-state index contributed by atoms with van der Waals surface area (Å²) < 4.78 is 11.4. The van der Waals surface area contributed by atoms with Gasteiger partial charge in [-0.2, -0.15) is 0 Å². The van der Waals surface area contributed by atoms with Gasteiger partial charge in [-0.15, -0.1) is 0 Å². The van der Waals surface area contributed by atoms with Crippen LogP contribution in [0.1, 0.15) is 38.8 Å². The molecule has 2 aliphatic heterocycles. The van der Waals surface area contributed by atoms with Gasteiger partial charge >= 0.3 is 5.37 Å². The molecular weight excluding hydrogens is 559 g/mol. The molecule has 10 heteroatoms. The molecule has 2 fully saturated rings. The second-order valence-electron chi connectivity index (χ2n) is 10.4. The second-order valence-corrected chi connectivity index (χ2v) is 11.5. The van der Waals surface area contributed by atoms with Gasteiger partial charge in [-0.3, -0.25) is 14.6 Å². The van der Waals surface area contributed by atoms with Crippen molar-refractivity contribution in [3.63, 3.8) is 0 Å². The fraction of sp³-hybridized carbons (Fsp3) is 0.552. The van der Waals surface area contributed by atoms with E-state index in [1.807, 2.05) is 52.0 Å². The zero-order valence-electron chi connectivity index (χ0n) is 23.4. The molecule has 2 aromatic carbocycles. The number of amides is 1. The van der Waals surface area contributed by atoms with Crippen LogP contribution in [0, 0.1) is 0 Å². The van der Waals surface area contributed by atoms with Gasteiger partial charge < -0.3 is 19.7 Å². The average Bonchev–Trinajstić information content (AvgIpc) is 2.89. The van der Waals surface area contributed by atoms with E-state index in [1.54, 1.807) is 4.90 Å². The summed E-state index contributed by atoms with van der Waals surface area (Å²) >= 11 is 17.8. The van der Waals surface area contributed by atoms with Gasteiger partial charge in [-0.25, -0.2) is 0 Å². The number of hydrogen-bond acceptors (Lipinski definition) is 6. The highest BCUT2D eigenvalue weighted by Gasteiger charge is 2.20. The minimum atomic E-state index is -0.367. The SMILES string of the molecule is CC(C)Oc1cc(CN2CCN(C(=O)Cl)CC2)ccc1Cl.CC(C)Oc1cc(CN2CCNCC2)ccc1Cl. The molecule has 2 aliphatic rings. The van der Waals surface area contributed by atoms with Crippen LogP contribution in [0.25, 0.3) is 0 Å². The summed E-state index contributed by atoms with van der Waals surface area (Å²) in [7, 11) is 0. The fourth-order valence-electron chi connectivity index (χ4n) is 4.45. The largest absolute Gasteiger partial charge is 0.489 e. The van der Waals surface area contributed by atoms with Gasteiger partial charge in [0.15, 0.2) is 0 Å². The topological polar surface area (TPSA) is 57.3 Å². The maximum atomic E-state index is 11.1. The fourth-order valence-corrected chi connectivity index (χ4v) is 4.94. The van der Waals surface area contributed by atoms with Crippen LogP contribution in [-0.4, -0.2) is 84.6 Å². The minimum absolute atomic E-state index is 0.0935. The molecule has 1 N–H and O–H groups in total. The number of ether oxygens (including phenoxy) is 2. The van der Waals surface area contributed by atoms with Crippen LogP contribution in [0.4, 0.5) is 4.79 Å². The highest BCUT2D eigenvalue weighted by atomic mass is 35.5. The van der Waals surface area contributed by atoms with E-state index >= 15 is 0 Å². The smallest absolute Gasteiger partial charge is 0.316 e. The van der Waals surface area contributed by atoms with Crippen molar-refractivity contribution in [2.45, 2.75) is 53.0 Å². The van der Waals surface area contributed by atoms with Crippen molar-refractivity contribution < 1.29 is 14.3 Å². The highest BCUT2D eigenvalue weighted by molar-refractivity contribution is 6.62. The zero-order valence-corrected chi connectivity index (χ0v) is 25.7. The third kappa shape index (κ3) is 11.0. The summed E-state index contributed by atoms with van der Waals surface area (Å²) in [5, 5.41) is 4.31. The third-order valence-corrected chi connectivity index (χ3v) is 7.22. The molecule has 0 aliphatic carbocycles. The third-order valence-electron chi connectivity index (χ3n) is 6.36. The number of halogens is 3.